The van der Waals surface area contributed by atoms with Crippen molar-refractivity contribution in [1.29, 1.82) is 0 Å². The molecule has 2 aromatic rings. The highest BCUT2D eigenvalue weighted by Crippen LogP contribution is 2.24. The molecule has 0 spiro atoms. The first-order chi connectivity index (χ1) is 11.2. The van der Waals surface area contributed by atoms with Crippen LogP contribution < -0.4 is 0 Å². The molecule has 0 bridgehead atoms. The van der Waals surface area contributed by atoms with E-state index in [0.29, 0.717) is 19.6 Å². The van der Waals surface area contributed by atoms with Crippen LogP contribution in [0.3, 0.4) is 0 Å². The van der Waals surface area contributed by atoms with Gasteiger partial charge in [0, 0.05) is 26.1 Å². The molecule has 23 heavy (non-hydrogen) atoms. The minimum atomic E-state index is -0.719. The Bertz CT molecular complexity index is 641. The fraction of sp³-hybridized carbons (Fsp3) is 0.350. The van der Waals surface area contributed by atoms with E-state index in [-0.39, 0.29) is 5.78 Å². The molecular formula is C20H23NO2. The van der Waals surface area contributed by atoms with Crippen LogP contribution in [-0.2, 0) is 22.7 Å². The molecular weight excluding hydrogens is 286 g/mol. The number of piperidine rings is 1. The summed E-state index contributed by atoms with van der Waals surface area (Å²) in [6, 6.07) is 20.4. The summed E-state index contributed by atoms with van der Waals surface area (Å²) in [6.07, 6.45) is 0.554. The maximum absolute atomic E-state index is 12.4. The number of likely N-dealkylation sites (tertiary alicyclic amines) is 1. The van der Waals surface area contributed by atoms with Gasteiger partial charge in [0.15, 0.2) is 5.78 Å². The second kappa shape index (κ2) is 7.07. The van der Waals surface area contributed by atoms with Gasteiger partial charge in [-0.3, -0.25) is 9.69 Å². The van der Waals surface area contributed by atoms with Crippen LogP contribution in [0.25, 0.3) is 0 Å². The third-order valence-electron chi connectivity index (χ3n) is 4.42. The Balaban J connectivity index is 1.63. The van der Waals surface area contributed by atoms with E-state index < -0.39 is 5.60 Å². The van der Waals surface area contributed by atoms with Crippen LogP contribution in [0.2, 0.25) is 0 Å². The molecule has 0 aliphatic carbocycles. The van der Waals surface area contributed by atoms with E-state index in [2.05, 4.69) is 29.2 Å². The van der Waals surface area contributed by atoms with E-state index in [1.807, 2.05) is 43.3 Å². The lowest BCUT2D eigenvalue weighted by Crippen LogP contribution is -2.53. The summed E-state index contributed by atoms with van der Waals surface area (Å²) in [7, 11) is 0. The molecule has 0 radical (unpaired) electrons. The molecule has 1 atom stereocenters. The smallest absolute Gasteiger partial charge is 0.166 e. The van der Waals surface area contributed by atoms with Crippen molar-refractivity contribution >= 4 is 5.78 Å². The minimum absolute atomic E-state index is 0.206. The molecule has 3 rings (SSSR count). The van der Waals surface area contributed by atoms with Gasteiger partial charge in [-0.1, -0.05) is 60.7 Å². The highest BCUT2D eigenvalue weighted by Gasteiger charge is 2.39. The van der Waals surface area contributed by atoms with Gasteiger partial charge in [-0.15, -0.1) is 0 Å². The van der Waals surface area contributed by atoms with Crippen LogP contribution in [-0.4, -0.2) is 29.4 Å². The first kappa shape index (κ1) is 15.9. The lowest BCUT2D eigenvalue weighted by molar-refractivity contribution is -0.153. The number of rotatable bonds is 5. The summed E-state index contributed by atoms with van der Waals surface area (Å²) in [5.74, 6) is 0.206. The maximum atomic E-state index is 12.4. The van der Waals surface area contributed by atoms with Crippen LogP contribution in [0.5, 0.6) is 0 Å². The lowest BCUT2D eigenvalue weighted by atomic mass is 9.92. The maximum Gasteiger partial charge on any atom is 0.166 e. The third-order valence-corrected chi connectivity index (χ3v) is 4.42. The molecule has 1 fully saturated rings. The number of ether oxygens (including phenoxy) is 1. The molecule has 1 saturated heterocycles. The first-order valence-corrected chi connectivity index (χ1v) is 8.13. The van der Waals surface area contributed by atoms with Crippen molar-refractivity contribution < 1.29 is 9.53 Å². The number of ketones is 1. The molecule has 3 heteroatoms. The highest BCUT2D eigenvalue weighted by molar-refractivity contribution is 5.88. The summed E-state index contributed by atoms with van der Waals surface area (Å²) < 4.78 is 6.05. The summed E-state index contributed by atoms with van der Waals surface area (Å²) in [5.41, 5.74) is 1.65. The van der Waals surface area contributed by atoms with Gasteiger partial charge in [-0.05, 0) is 18.1 Å². The summed E-state index contributed by atoms with van der Waals surface area (Å²) >= 11 is 0. The second-order valence-electron chi connectivity index (χ2n) is 6.37. The van der Waals surface area contributed by atoms with E-state index in [0.717, 1.165) is 18.7 Å². The fourth-order valence-electron chi connectivity index (χ4n) is 3.04. The number of hydrogen-bond acceptors (Lipinski definition) is 3. The van der Waals surface area contributed by atoms with Gasteiger partial charge in [0.25, 0.3) is 0 Å². The van der Waals surface area contributed by atoms with Gasteiger partial charge in [0.1, 0.15) is 5.60 Å². The van der Waals surface area contributed by atoms with Crippen molar-refractivity contribution in [3.05, 3.63) is 71.8 Å². The number of carbonyl (C=O) groups excluding carboxylic acids is 1. The van der Waals surface area contributed by atoms with E-state index in [9.17, 15) is 4.79 Å². The molecule has 1 heterocycles. The zero-order chi connectivity index (χ0) is 16.1. The van der Waals surface area contributed by atoms with Gasteiger partial charge < -0.3 is 4.74 Å². The molecule has 1 aliphatic heterocycles. The molecule has 0 aromatic heterocycles. The molecule has 120 valence electrons. The van der Waals surface area contributed by atoms with Crippen LogP contribution in [0.1, 0.15) is 24.5 Å². The highest BCUT2D eigenvalue weighted by atomic mass is 16.5. The van der Waals surface area contributed by atoms with Crippen LogP contribution in [0, 0.1) is 0 Å². The Hall–Kier alpha value is -1.97. The Labute approximate surface area is 137 Å². The predicted octanol–water partition coefficient (Wildman–Crippen LogP) is 3.44. The predicted molar refractivity (Wildman–Crippen MR) is 91.0 cm³/mol. The molecule has 2 aromatic carbocycles. The van der Waals surface area contributed by atoms with Crippen molar-refractivity contribution in [2.45, 2.75) is 32.1 Å². The van der Waals surface area contributed by atoms with Crippen molar-refractivity contribution in [2.75, 3.05) is 13.1 Å². The van der Waals surface area contributed by atoms with Gasteiger partial charge in [0.2, 0.25) is 0 Å². The molecule has 3 nitrogen and oxygen atoms in total. The minimum Gasteiger partial charge on any atom is -0.361 e. The fourth-order valence-corrected chi connectivity index (χ4v) is 3.04. The van der Waals surface area contributed by atoms with Crippen molar-refractivity contribution in [2.24, 2.45) is 0 Å². The SMILES string of the molecule is CC1(OCc2ccccc2)CN(Cc2ccccc2)CCC1=O. The zero-order valence-electron chi connectivity index (χ0n) is 13.6. The second-order valence-corrected chi connectivity index (χ2v) is 6.37. The molecule has 1 aliphatic rings. The van der Waals surface area contributed by atoms with E-state index >= 15 is 0 Å². The average molecular weight is 309 g/mol. The third kappa shape index (κ3) is 4.06. The van der Waals surface area contributed by atoms with E-state index in [4.69, 9.17) is 4.74 Å². The zero-order valence-corrected chi connectivity index (χ0v) is 13.6. The first-order valence-electron chi connectivity index (χ1n) is 8.13. The number of carbonyl (C=O) groups is 1. The van der Waals surface area contributed by atoms with Crippen molar-refractivity contribution in [3.8, 4) is 0 Å². The Morgan fingerprint density at radius 1 is 1.00 bits per heavy atom. The van der Waals surface area contributed by atoms with Crippen LogP contribution >= 0.6 is 0 Å². The summed E-state index contributed by atoms with van der Waals surface area (Å²) in [6.45, 7) is 4.71. The molecule has 0 amide bonds. The van der Waals surface area contributed by atoms with Gasteiger partial charge in [0.05, 0.1) is 6.61 Å². The largest absolute Gasteiger partial charge is 0.361 e. The Kier molecular flexibility index (Phi) is 4.89. The van der Waals surface area contributed by atoms with Crippen molar-refractivity contribution in [1.82, 2.24) is 4.90 Å². The van der Waals surface area contributed by atoms with E-state index in [1.54, 1.807) is 0 Å². The lowest BCUT2D eigenvalue weighted by Gasteiger charge is -2.39. The van der Waals surface area contributed by atoms with Crippen LogP contribution in [0.4, 0.5) is 0 Å². The van der Waals surface area contributed by atoms with Crippen molar-refractivity contribution in [3.63, 3.8) is 0 Å². The number of hydrogen-bond donors (Lipinski definition) is 0. The van der Waals surface area contributed by atoms with Gasteiger partial charge in [-0.25, -0.2) is 0 Å². The van der Waals surface area contributed by atoms with E-state index in [1.165, 1.54) is 5.56 Å². The molecule has 0 saturated carbocycles. The number of benzene rings is 2. The van der Waals surface area contributed by atoms with Gasteiger partial charge >= 0.3 is 0 Å². The quantitative estimate of drug-likeness (QED) is 0.847. The summed E-state index contributed by atoms with van der Waals surface area (Å²) in [5, 5.41) is 0. The molecule has 0 N–H and O–H groups in total. The summed E-state index contributed by atoms with van der Waals surface area (Å²) in [4.78, 5) is 14.7. The Morgan fingerprint density at radius 3 is 2.26 bits per heavy atom. The molecule has 1 unspecified atom stereocenters. The number of Topliss-reactive ketones (excluding diaryl/α,β-unsaturated/α-hetero) is 1. The standard InChI is InChI=1S/C20H23NO2/c1-20(23-15-18-10-6-3-7-11-18)16-21(13-12-19(20)22)14-17-8-4-2-5-9-17/h2-11H,12-16H2,1H3. The normalized spacial score (nSPS) is 22.2. The van der Waals surface area contributed by atoms with Gasteiger partial charge in [-0.2, -0.15) is 0 Å². The monoisotopic (exact) mass is 309 g/mol. The number of nitrogens with zero attached hydrogens (tertiary/aromatic N) is 1. The Morgan fingerprint density at radius 2 is 1.61 bits per heavy atom. The topological polar surface area (TPSA) is 29.5 Å². The average Bonchev–Trinajstić information content (AvgIpc) is 2.59. The van der Waals surface area contributed by atoms with Crippen LogP contribution in [0.15, 0.2) is 60.7 Å².